The van der Waals surface area contributed by atoms with E-state index in [0.717, 1.165) is 18.5 Å². The van der Waals surface area contributed by atoms with Crippen LogP contribution in [0.4, 0.5) is 5.69 Å². The normalized spacial score (nSPS) is 15.0. The molecular formula is C11H16N2. The maximum Gasteiger partial charge on any atom is 0.0456 e. The largest absolute Gasteiger partial charge is 0.398 e. The highest BCUT2D eigenvalue weighted by atomic mass is 14.7. The van der Waals surface area contributed by atoms with E-state index in [-0.39, 0.29) is 0 Å². The smallest absolute Gasteiger partial charge is 0.0456 e. The molecule has 0 radical (unpaired) electrons. The van der Waals surface area contributed by atoms with Gasteiger partial charge in [0.1, 0.15) is 0 Å². The van der Waals surface area contributed by atoms with E-state index in [1.165, 1.54) is 23.2 Å². The minimum absolute atomic E-state index is 0.485. The van der Waals surface area contributed by atoms with Crippen LogP contribution < -0.4 is 5.73 Å². The predicted octanol–water partition coefficient (Wildman–Crippen LogP) is 2.28. The molecule has 1 aliphatic carbocycles. The lowest BCUT2D eigenvalue weighted by molar-refractivity contribution is 0.856. The molecule has 1 aromatic rings. The maximum atomic E-state index is 6.10. The summed E-state index contributed by atoms with van der Waals surface area (Å²) in [5.74, 6) is 0.485. The minimum atomic E-state index is 0.485. The third-order valence-corrected chi connectivity index (χ3v) is 2.81. The third-order valence-electron chi connectivity index (χ3n) is 2.81. The summed E-state index contributed by atoms with van der Waals surface area (Å²) >= 11 is 0. The van der Waals surface area contributed by atoms with Gasteiger partial charge in [-0.3, -0.25) is 4.98 Å². The van der Waals surface area contributed by atoms with Crippen molar-refractivity contribution in [3.05, 3.63) is 23.0 Å². The van der Waals surface area contributed by atoms with Crippen molar-refractivity contribution in [2.24, 2.45) is 0 Å². The Kier molecular flexibility index (Phi) is 1.98. The van der Waals surface area contributed by atoms with Gasteiger partial charge in [-0.15, -0.1) is 0 Å². The van der Waals surface area contributed by atoms with Crippen LogP contribution in [0.5, 0.6) is 0 Å². The second kappa shape index (κ2) is 3.02. The molecule has 2 rings (SSSR count). The Morgan fingerprint density at radius 2 is 2.15 bits per heavy atom. The van der Waals surface area contributed by atoms with Crippen LogP contribution >= 0.6 is 0 Å². The van der Waals surface area contributed by atoms with Crippen LogP contribution in [0.3, 0.4) is 0 Å². The number of anilines is 1. The van der Waals surface area contributed by atoms with Crippen molar-refractivity contribution in [3.8, 4) is 0 Å². The molecule has 0 saturated carbocycles. The van der Waals surface area contributed by atoms with Gasteiger partial charge in [-0.25, -0.2) is 0 Å². The Hall–Kier alpha value is -1.05. The molecular weight excluding hydrogens is 160 g/mol. The molecule has 0 fully saturated rings. The number of hydrogen-bond donors (Lipinski definition) is 1. The van der Waals surface area contributed by atoms with Crippen LogP contribution in [0.15, 0.2) is 6.20 Å². The van der Waals surface area contributed by atoms with E-state index in [0.29, 0.717) is 5.92 Å². The van der Waals surface area contributed by atoms with E-state index < -0.39 is 0 Å². The van der Waals surface area contributed by atoms with Gasteiger partial charge >= 0.3 is 0 Å². The fourth-order valence-electron chi connectivity index (χ4n) is 2.01. The molecule has 1 heterocycles. The summed E-state index contributed by atoms with van der Waals surface area (Å²) in [4.78, 5) is 4.46. The molecule has 0 atom stereocenters. The zero-order valence-corrected chi connectivity index (χ0v) is 8.30. The number of fused-ring (bicyclic) bond motifs is 1. The highest BCUT2D eigenvalue weighted by molar-refractivity contribution is 5.57. The van der Waals surface area contributed by atoms with Gasteiger partial charge in [-0.2, -0.15) is 0 Å². The Bertz CT molecular complexity index is 329. The molecule has 0 amide bonds. The lowest BCUT2D eigenvalue weighted by atomic mass is 10.00. The highest BCUT2D eigenvalue weighted by Gasteiger charge is 2.18. The van der Waals surface area contributed by atoms with Gasteiger partial charge in [0.05, 0.1) is 0 Å². The fraction of sp³-hybridized carbons (Fsp3) is 0.545. The lowest BCUT2D eigenvalue weighted by Gasteiger charge is -2.12. The van der Waals surface area contributed by atoms with Crippen molar-refractivity contribution in [1.82, 2.24) is 4.98 Å². The average molecular weight is 176 g/mol. The molecule has 0 unspecified atom stereocenters. The van der Waals surface area contributed by atoms with Gasteiger partial charge in [-0.05, 0) is 36.3 Å². The molecule has 1 aliphatic rings. The van der Waals surface area contributed by atoms with Crippen LogP contribution in [0.1, 0.15) is 43.0 Å². The first-order chi connectivity index (χ1) is 6.20. The first kappa shape index (κ1) is 8.54. The Balaban J connectivity index is 2.52. The zero-order chi connectivity index (χ0) is 9.42. The predicted molar refractivity (Wildman–Crippen MR) is 54.8 cm³/mol. The van der Waals surface area contributed by atoms with E-state index in [4.69, 9.17) is 5.73 Å². The number of hydrogen-bond acceptors (Lipinski definition) is 2. The number of rotatable bonds is 1. The van der Waals surface area contributed by atoms with E-state index >= 15 is 0 Å². The minimum Gasteiger partial charge on any atom is -0.398 e. The number of aryl methyl sites for hydroxylation is 1. The Morgan fingerprint density at radius 1 is 1.38 bits per heavy atom. The molecule has 70 valence electrons. The van der Waals surface area contributed by atoms with Crippen molar-refractivity contribution in [3.63, 3.8) is 0 Å². The summed E-state index contributed by atoms with van der Waals surface area (Å²) in [5, 5.41) is 0. The van der Waals surface area contributed by atoms with Crippen molar-refractivity contribution < 1.29 is 0 Å². The molecule has 2 N–H and O–H groups in total. The summed E-state index contributed by atoms with van der Waals surface area (Å²) in [6, 6.07) is 0. The molecule has 13 heavy (non-hydrogen) atoms. The van der Waals surface area contributed by atoms with Crippen molar-refractivity contribution in [2.75, 3.05) is 5.73 Å². The Morgan fingerprint density at radius 3 is 2.85 bits per heavy atom. The standard InChI is InChI=1S/C11H16N2/c1-7(2)9-6-13-10-5-3-4-8(10)11(9)12/h6-7H,3-5H2,1-2H3,(H2,12,13). The SMILES string of the molecule is CC(C)c1cnc2c(c1N)CCC2. The van der Waals surface area contributed by atoms with Crippen LogP contribution in [0, 0.1) is 0 Å². The van der Waals surface area contributed by atoms with E-state index in [1.807, 2.05) is 6.20 Å². The van der Waals surface area contributed by atoms with Gasteiger partial charge in [0, 0.05) is 17.6 Å². The fourth-order valence-corrected chi connectivity index (χ4v) is 2.01. The van der Waals surface area contributed by atoms with Crippen molar-refractivity contribution in [1.29, 1.82) is 0 Å². The lowest BCUT2D eigenvalue weighted by Crippen LogP contribution is -2.03. The van der Waals surface area contributed by atoms with Crippen molar-refractivity contribution in [2.45, 2.75) is 39.0 Å². The number of pyridine rings is 1. The number of nitrogens with two attached hydrogens (primary N) is 1. The molecule has 2 heteroatoms. The zero-order valence-electron chi connectivity index (χ0n) is 8.30. The first-order valence-electron chi connectivity index (χ1n) is 4.96. The van der Waals surface area contributed by atoms with Gasteiger partial charge in [-0.1, -0.05) is 13.8 Å². The van der Waals surface area contributed by atoms with Crippen LogP contribution in [0.2, 0.25) is 0 Å². The number of aromatic nitrogens is 1. The number of nitrogen functional groups attached to an aromatic ring is 1. The molecule has 0 aliphatic heterocycles. The summed E-state index contributed by atoms with van der Waals surface area (Å²) in [6.07, 6.45) is 5.39. The van der Waals surface area contributed by atoms with Gasteiger partial charge in [0.15, 0.2) is 0 Å². The second-order valence-electron chi connectivity index (χ2n) is 4.06. The molecule has 2 nitrogen and oxygen atoms in total. The molecule has 0 bridgehead atoms. The highest BCUT2D eigenvalue weighted by Crippen LogP contribution is 2.31. The van der Waals surface area contributed by atoms with Gasteiger partial charge in [0.25, 0.3) is 0 Å². The topological polar surface area (TPSA) is 38.9 Å². The van der Waals surface area contributed by atoms with E-state index in [1.54, 1.807) is 0 Å². The second-order valence-corrected chi connectivity index (χ2v) is 4.06. The summed E-state index contributed by atoms with van der Waals surface area (Å²) < 4.78 is 0. The summed E-state index contributed by atoms with van der Waals surface area (Å²) in [5.41, 5.74) is 10.8. The first-order valence-corrected chi connectivity index (χ1v) is 4.96. The summed E-state index contributed by atoms with van der Waals surface area (Å²) in [7, 11) is 0. The maximum absolute atomic E-state index is 6.10. The quantitative estimate of drug-likeness (QED) is 0.713. The van der Waals surface area contributed by atoms with E-state index in [9.17, 15) is 0 Å². The average Bonchev–Trinajstić information content (AvgIpc) is 2.52. The van der Waals surface area contributed by atoms with Crippen LogP contribution in [-0.4, -0.2) is 4.98 Å². The van der Waals surface area contributed by atoms with E-state index in [2.05, 4.69) is 18.8 Å². The van der Waals surface area contributed by atoms with Crippen LogP contribution in [0.25, 0.3) is 0 Å². The van der Waals surface area contributed by atoms with Gasteiger partial charge in [0.2, 0.25) is 0 Å². The van der Waals surface area contributed by atoms with Crippen LogP contribution in [-0.2, 0) is 12.8 Å². The Labute approximate surface area is 79.2 Å². The van der Waals surface area contributed by atoms with Crippen molar-refractivity contribution >= 4 is 5.69 Å². The van der Waals surface area contributed by atoms with Gasteiger partial charge < -0.3 is 5.73 Å². The third kappa shape index (κ3) is 1.30. The molecule has 1 aromatic heterocycles. The monoisotopic (exact) mass is 176 g/mol. The molecule has 0 saturated heterocycles. The number of nitrogens with zero attached hydrogens (tertiary/aromatic N) is 1. The molecule has 0 aromatic carbocycles. The molecule has 0 spiro atoms. The summed E-state index contributed by atoms with van der Waals surface area (Å²) in [6.45, 7) is 4.32.